The van der Waals surface area contributed by atoms with Crippen molar-refractivity contribution in [1.82, 2.24) is 10.6 Å². The molecule has 0 aliphatic heterocycles. The van der Waals surface area contributed by atoms with Crippen molar-refractivity contribution in [2.45, 2.75) is 63.3 Å². The summed E-state index contributed by atoms with van der Waals surface area (Å²) in [4.78, 5) is 4.33. The van der Waals surface area contributed by atoms with E-state index in [0.717, 1.165) is 50.4 Å². The van der Waals surface area contributed by atoms with E-state index >= 15 is 0 Å². The summed E-state index contributed by atoms with van der Waals surface area (Å²) in [6.45, 7) is 5.62. The lowest BCUT2D eigenvalue weighted by Gasteiger charge is -2.30. The summed E-state index contributed by atoms with van der Waals surface area (Å²) in [6.07, 6.45) is 5.35. The highest BCUT2D eigenvalue weighted by Crippen LogP contribution is 2.23. The van der Waals surface area contributed by atoms with Gasteiger partial charge in [-0.1, -0.05) is 43.7 Å². The van der Waals surface area contributed by atoms with Crippen molar-refractivity contribution in [3.8, 4) is 0 Å². The molecule has 0 radical (unpaired) electrons. The molecule has 5 nitrogen and oxygen atoms in total. The first-order chi connectivity index (χ1) is 13.1. The maximum Gasteiger partial charge on any atom is 0.191 e. The van der Waals surface area contributed by atoms with Crippen molar-refractivity contribution in [2.75, 3.05) is 26.0 Å². The highest BCUT2D eigenvalue weighted by Gasteiger charge is 2.25. The van der Waals surface area contributed by atoms with E-state index in [1.165, 1.54) is 5.56 Å². The number of nitrogens with zero attached hydrogens (tertiary/aromatic N) is 1. The average molecular weight is 394 g/mol. The molecule has 1 saturated carbocycles. The van der Waals surface area contributed by atoms with Crippen molar-refractivity contribution in [2.24, 2.45) is 4.99 Å². The molecule has 4 atom stereocenters. The largest absolute Gasteiger partial charge is 0.374 e. The minimum atomic E-state index is -0.696. The highest BCUT2D eigenvalue weighted by molar-refractivity contribution is 7.85. The average Bonchev–Trinajstić information content (AvgIpc) is 2.72. The van der Waals surface area contributed by atoms with Crippen LogP contribution in [0.3, 0.4) is 0 Å². The number of ether oxygens (including phenoxy) is 1. The van der Waals surface area contributed by atoms with Gasteiger partial charge in [-0.2, -0.15) is 0 Å². The number of benzene rings is 1. The molecule has 27 heavy (non-hydrogen) atoms. The van der Waals surface area contributed by atoms with Gasteiger partial charge in [0.1, 0.15) is 0 Å². The predicted molar refractivity (Wildman–Crippen MR) is 115 cm³/mol. The molecule has 1 aliphatic rings. The molecule has 0 saturated heterocycles. The van der Waals surface area contributed by atoms with Crippen molar-refractivity contribution in [3.63, 3.8) is 0 Å². The van der Waals surface area contributed by atoms with E-state index in [-0.39, 0.29) is 6.10 Å². The molecule has 0 spiro atoms. The minimum Gasteiger partial charge on any atom is -0.374 e. The minimum absolute atomic E-state index is 0.113. The van der Waals surface area contributed by atoms with E-state index in [1.807, 2.05) is 25.1 Å². The van der Waals surface area contributed by atoms with Crippen LogP contribution in [-0.4, -0.2) is 47.4 Å². The Kier molecular flexibility index (Phi) is 9.84. The van der Waals surface area contributed by atoms with E-state index in [4.69, 9.17) is 4.74 Å². The lowest BCUT2D eigenvalue weighted by molar-refractivity contribution is 0.0646. The van der Waals surface area contributed by atoms with Crippen molar-refractivity contribution in [1.29, 1.82) is 0 Å². The van der Waals surface area contributed by atoms with E-state index in [2.05, 4.69) is 34.7 Å². The van der Waals surface area contributed by atoms with Gasteiger partial charge in [0.2, 0.25) is 0 Å². The predicted octanol–water partition coefficient (Wildman–Crippen LogP) is 3.40. The molecule has 1 fully saturated rings. The summed E-state index contributed by atoms with van der Waals surface area (Å²) in [5.41, 5.74) is 1.21. The Hall–Kier alpha value is -1.40. The zero-order valence-corrected chi connectivity index (χ0v) is 17.8. The first kappa shape index (κ1) is 21.9. The van der Waals surface area contributed by atoms with E-state index in [0.29, 0.717) is 17.9 Å². The third kappa shape index (κ3) is 7.62. The van der Waals surface area contributed by atoms with Crippen molar-refractivity contribution < 1.29 is 8.95 Å². The summed E-state index contributed by atoms with van der Waals surface area (Å²) >= 11 is 0. The molecule has 2 N–H and O–H groups in total. The second-order valence-corrected chi connectivity index (χ2v) is 9.08. The normalized spacial score (nSPS) is 22.9. The highest BCUT2D eigenvalue weighted by atomic mass is 32.2. The molecule has 0 bridgehead atoms. The van der Waals surface area contributed by atoms with Crippen LogP contribution in [0.1, 0.15) is 57.6 Å². The van der Waals surface area contributed by atoms with Crippen LogP contribution < -0.4 is 10.6 Å². The fraction of sp³-hybridized carbons (Fsp3) is 0.667. The fourth-order valence-electron chi connectivity index (χ4n) is 3.50. The van der Waals surface area contributed by atoms with E-state index < -0.39 is 10.8 Å². The van der Waals surface area contributed by atoms with Gasteiger partial charge < -0.3 is 15.4 Å². The van der Waals surface area contributed by atoms with Gasteiger partial charge in [0, 0.05) is 48.0 Å². The van der Waals surface area contributed by atoms with Gasteiger partial charge in [-0.15, -0.1) is 0 Å². The third-order valence-electron chi connectivity index (χ3n) is 5.10. The summed E-state index contributed by atoms with van der Waals surface area (Å²) < 4.78 is 18.0. The lowest BCUT2D eigenvalue weighted by atomic mass is 9.95. The number of hydrogen-bond acceptors (Lipinski definition) is 3. The second kappa shape index (κ2) is 12.1. The fourth-order valence-corrected chi connectivity index (χ4v) is 4.85. The third-order valence-corrected chi connectivity index (χ3v) is 6.84. The Balaban J connectivity index is 1.65. The standard InChI is InChI=1S/C21H35N3O2S/c1-4-27(25)20-13-8-12-19(16-20)24-21(22-3)23-14-9-15-26-17(2)18-10-6-5-7-11-18/h5-7,10-11,17,19-20H,4,8-9,12-16H2,1-3H3,(H2,22,23,24). The van der Waals surface area contributed by atoms with Crippen LogP contribution in [0.5, 0.6) is 0 Å². The molecule has 0 amide bonds. The molecule has 1 aliphatic carbocycles. The number of hydrogen-bond donors (Lipinski definition) is 2. The van der Waals surface area contributed by atoms with Gasteiger partial charge in [0.05, 0.1) is 6.10 Å². The van der Waals surface area contributed by atoms with Crippen LogP contribution in [0.4, 0.5) is 0 Å². The number of nitrogens with one attached hydrogen (secondary N) is 2. The van der Waals surface area contributed by atoms with Gasteiger partial charge >= 0.3 is 0 Å². The van der Waals surface area contributed by atoms with Crippen LogP contribution in [0.15, 0.2) is 35.3 Å². The van der Waals surface area contributed by atoms with Crippen LogP contribution >= 0.6 is 0 Å². The zero-order chi connectivity index (χ0) is 19.5. The van der Waals surface area contributed by atoms with Gasteiger partial charge in [0.25, 0.3) is 0 Å². The van der Waals surface area contributed by atoms with Gasteiger partial charge in [0.15, 0.2) is 5.96 Å². The monoisotopic (exact) mass is 393 g/mol. The Bertz CT molecular complexity index is 594. The molecule has 152 valence electrons. The maximum absolute atomic E-state index is 12.1. The van der Waals surface area contributed by atoms with Crippen LogP contribution in [-0.2, 0) is 15.5 Å². The Morgan fingerprint density at radius 3 is 2.81 bits per heavy atom. The van der Waals surface area contributed by atoms with Crippen LogP contribution in [0.2, 0.25) is 0 Å². The molecule has 6 heteroatoms. The molecular formula is C21H35N3O2S. The van der Waals surface area contributed by atoms with Crippen molar-refractivity contribution >= 4 is 16.8 Å². The number of aliphatic imine (C=N–C) groups is 1. The molecule has 0 aromatic heterocycles. The number of rotatable bonds is 9. The Labute approximate surface area is 166 Å². The summed E-state index contributed by atoms with van der Waals surface area (Å²) in [7, 11) is 1.10. The lowest BCUT2D eigenvalue weighted by Crippen LogP contribution is -2.46. The van der Waals surface area contributed by atoms with Crippen LogP contribution in [0.25, 0.3) is 0 Å². The Morgan fingerprint density at radius 1 is 1.33 bits per heavy atom. The smallest absolute Gasteiger partial charge is 0.191 e. The Morgan fingerprint density at radius 2 is 2.11 bits per heavy atom. The van der Waals surface area contributed by atoms with Crippen molar-refractivity contribution in [3.05, 3.63) is 35.9 Å². The summed E-state index contributed by atoms with van der Waals surface area (Å²) in [5, 5.41) is 7.20. The number of guanidine groups is 1. The first-order valence-electron chi connectivity index (χ1n) is 10.1. The quantitative estimate of drug-likeness (QED) is 0.383. The van der Waals surface area contributed by atoms with Crippen LogP contribution in [0, 0.1) is 0 Å². The maximum atomic E-state index is 12.1. The van der Waals surface area contributed by atoms with Gasteiger partial charge in [-0.05, 0) is 38.2 Å². The van der Waals surface area contributed by atoms with Gasteiger partial charge in [-0.25, -0.2) is 0 Å². The molecule has 1 aromatic carbocycles. The molecule has 1 aromatic rings. The second-order valence-electron chi connectivity index (χ2n) is 7.08. The SMILES string of the molecule is CCS(=O)C1CCCC(NC(=NC)NCCCOC(C)c2ccccc2)C1. The first-order valence-corrected chi connectivity index (χ1v) is 11.5. The molecule has 4 unspecified atom stereocenters. The van der Waals surface area contributed by atoms with Gasteiger partial charge in [-0.3, -0.25) is 9.20 Å². The molecule has 0 heterocycles. The van der Waals surface area contributed by atoms with E-state index in [9.17, 15) is 4.21 Å². The molecular weight excluding hydrogens is 358 g/mol. The summed E-state index contributed by atoms with van der Waals surface area (Å²) in [6, 6.07) is 10.7. The topological polar surface area (TPSA) is 62.7 Å². The van der Waals surface area contributed by atoms with E-state index in [1.54, 1.807) is 7.05 Å². The molecule has 2 rings (SSSR count). The zero-order valence-electron chi connectivity index (χ0n) is 16.9. The summed E-state index contributed by atoms with van der Waals surface area (Å²) in [5.74, 6) is 1.59.